The van der Waals surface area contributed by atoms with E-state index in [1.165, 1.54) is 12.5 Å². The molecule has 0 bridgehead atoms. The lowest BCUT2D eigenvalue weighted by Crippen LogP contribution is -2.43. The lowest BCUT2D eigenvalue weighted by atomic mass is 9.99. The van der Waals surface area contributed by atoms with Gasteiger partial charge in [-0.1, -0.05) is 26.5 Å². The van der Waals surface area contributed by atoms with Gasteiger partial charge >= 0.3 is 0 Å². The highest BCUT2D eigenvalue weighted by Gasteiger charge is 2.28. The van der Waals surface area contributed by atoms with Gasteiger partial charge < -0.3 is 19.9 Å². The molecule has 1 aliphatic rings. The minimum Gasteiger partial charge on any atom is -0.499 e. The largest absolute Gasteiger partial charge is 0.499 e. The van der Waals surface area contributed by atoms with E-state index in [9.17, 15) is 4.79 Å². The summed E-state index contributed by atoms with van der Waals surface area (Å²) >= 11 is 1.67. The first kappa shape index (κ1) is 34.2. The van der Waals surface area contributed by atoms with Crippen LogP contribution in [0.1, 0.15) is 63.9 Å². The van der Waals surface area contributed by atoms with Crippen LogP contribution in [-0.4, -0.2) is 85.3 Å². The molecule has 3 rings (SSSR count). The quantitative estimate of drug-likeness (QED) is 0.0987. The van der Waals surface area contributed by atoms with Crippen molar-refractivity contribution in [2.45, 2.75) is 72.5 Å². The Hall–Kier alpha value is -3.34. The van der Waals surface area contributed by atoms with Crippen LogP contribution in [0.15, 0.2) is 64.1 Å². The number of aryl methyl sites for hydroxylation is 1. The molecule has 2 atom stereocenters. The number of carbonyl (C=O) groups is 1. The molecule has 0 spiro atoms. The first-order valence-electron chi connectivity index (χ1n) is 15.4. The zero-order valence-electron chi connectivity index (χ0n) is 26.7. The molecule has 2 N–H and O–H groups in total. The lowest BCUT2D eigenvalue weighted by molar-refractivity contribution is -0.115. The van der Waals surface area contributed by atoms with Crippen molar-refractivity contribution in [3.8, 4) is 0 Å². The molecular weight excluding hydrogens is 558 g/mol. The third kappa shape index (κ3) is 10.4. The minimum absolute atomic E-state index is 0.159. The van der Waals surface area contributed by atoms with E-state index < -0.39 is 0 Å². The second-order valence-corrected chi connectivity index (χ2v) is 11.9. The van der Waals surface area contributed by atoms with Crippen LogP contribution < -0.4 is 10.6 Å². The number of thiazole rings is 1. The maximum Gasteiger partial charge on any atom is 0.247 e. The van der Waals surface area contributed by atoms with Gasteiger partial charge in [0.25, 0.3) is 0 Å². The fraction of sp³-hybridized carbons (Fsp3) is 0.515. The number of rotatable bonds is 18. The normalized spacial score (nSPS) is 16.3. The van der Waals surface area contributed by atoms with Gasteiger partial charge in [0.2, 0.25) is 5.91 Å². The summed E-state index contributed by atoms with van der Waals surface area (Å²) in [5.41, 5.74) is 3.86. The monoisotopic (exact) mass is 607 g/mol. The van der Waals surface area contributed by atoms with Crippen LogP contribution in [0.25, 0.3) is 10.2 Å². The molecule has 9 nitrogen and oxygen atoms in total. The van der Waals surface area contributed by atoms with Crippen molar-refractivity contribution < 1.29 is 9.53 Å². The molecule has 0 radical (unpaired) electrons. The standard InChI is InChI=1S/C33H49N7O2S/c1-8-16-39(10-3)17-12-13-18-40(11-4)30-21-31(42-7)29(20-28(30)38-33(41)9-2)36-24(5)35-23-34-22-26-14-15-27-32(19-26)43-25(6)37-27/h9,14-15,19,21-24,29,36H,2,8,10-13,16-18,20H2,1,3-7H3,(H,38,41)/t24-,29?/m0/s1. The average molecular weight is 608 g/mol. The number of aromatic nitrogens is 1. The third-order valence-corrected chi connectivity index (χ3v) is 8.37. The van der Waals surface area contributed by atoms with E-state index in [1.807, 2.05) is 32.1 Å². The van der Waals surface area contributed by atoms with Crippen LogP contribution >= 0.6 is 11.3 Å². The van der Waals surface area contributed by atoms with Crippen LogP contribution in [0.4, 0.5) is 0 Å². The van der Waals surface area contributed by atoms with Crippen LogP contribution in [0.2, 0.25) is 0 Å². The number of hydrogen-bond acceptors (Lipinski definition) is 8. The van der Waals surface area contributed by atoms with Crippen molar-refractivity contribution in [1.82, 2.24) is 25.4 Å². The Kier molecular flexibility index (Phi) is 14.1. The highest BCUT2D eigenvalue weighted by Crippen LogP contribution is 2.27. The average Bonchev–Trinajstić information content (AvgIpc) is 3.38. The summed E-state index contributed by atoms with van der Waals surface area (Å²) in [7, 11) is 1.69. The predicted molar refractivity (Wildman–Crippen MR) is 181 cm³/mol. The summed E-state index contributed by atoms with van der Waals surface area (Å²) in [6.07, 6.45) is 10.4. The van der Waals surface area contributed by atoms with E-state index in [4.69, 9.17) is 4.74 Å². The van der Waals surface area contributed by atoms with Crippen molar-refractivity contribution in [2.75, 3.05) is 39.8 Å². The molecule has 234 valence electrons. The van der Waals surface area contributed by atoms with Crippen molar-refractivity contribution in [2.24, 2.45) is 9.98 Å². The van der Waals surface area contributed by atoms with Gasteiger partial charge in [0.1, 0.15) is 12.1 Å². The Labute approximate surface area is 261 Å². The van der Waals surface area contributed by atoms with Crippen molar-refractivity contribution >= 4 is 40.0 Å². The van der Waals surface area contributed by atoms with Crippen LogP contribution in [-0.2, 0) is 9.53 Å². The number of ether oxygens (including phenoxy) is 1. The molecule has 1 heterocycles. The molecule has 2 aromatic rings. The van der Waals surface area contributed by atoms with Crippen molar-refractivity contribution in [3.63, 3.8) is 0 Å². The molecule has 0 aliphatic heterocycles. The Bertz CT molecular complexity index is 1330. The van der Waals surface area contributed by atoms with E-state index in [0.717, 1.165) is 83.5 Å². The van der Waals surface area contributed by atoms with Gasteiger partial charge in [-0.2, -0.15) is 0 Å². The molecule has 1 aromatic carbocycles. The van der Waals surface area contributed by atoms with E-state index >= 15 is 0 Å². The summed E-state index contributed by atoms with van der Waals surface area (Å²) in [6, 6.07) is 5.95. The Morgan fingerprint density at radius 2 is 2.02 bits per heavy atom. The highest BCUT2D eigenvalue weighted by molar-refractivity contribution is 7.18. The van der Waals surface area contributed by atoms with Crippen molar-refractivity contribution in [1.29, 1.82) is 0 Å². The molecular formula is C33H49N7O2S. The van der Waals surface area contributed by atoms with E-state index in [0.29, 0.717) is 6.42 Å². The fourth-order valence-electron chi connectivity index (χ4n) is 5.23. The maximum atomic E-state index is 12.4. The van der Waals surface area contributed by atoms with Gasteiger partial charge in [0, 0.05) is 37.5 Å². The third-order valence-electron chi connectivity index (χ3n) is 7.44. The van der Waals surface area contributed by atoms with Gasteiger partial charge in [-0.3, -0.25) is 15.1 Å². The minimum atomic E-state index is -0.225. The number of methoxy groups -OCH3 is 1. The number of carbonyl (C=O) groups excluding carboxylic acids is 1. The first-order valence-corrected chi connectivity index (χ1v) is 16.2. The van der Waals surface area contributed by atoms with Gasteiger partial charge in [-0.05, 0) is 83.4 Å². The van der Waals surface area contributed by atoms with E-state index in [-0.39, 0.29) is 18.1 Å². The summed E-state index contributed by atoms with van der Waals surface area (Å²) in [5.74, 6) is 0.589. The zero-order chi connectivity index (χ0) is 31.2. The summed E-state index contributed by atoms with van der Waals surface area (Å²) in [6.45, 7) is 19.3. The number of benzene rings is 1. The number of fused-ring (bicyclic) bond motifs is 1. The summed E-state index contributed by atoms with van der Waals surface area (Å²) in [5, 5.41) is 7.64. The van der Waals surface area contributed by atoms with Gasteiger partial charge in [-0.25, -0.2) is 9.98 Å². The molecule has 1 unspecified atom stereocenters. The summed E-state index contributed by atoms with van der Waals surface area (Å²) < 4.78 is 6.99. The second-order valence-electron chi connectivity index (χ2n) is 10.6. The molecule has 0 fully saturated rings. The number of nitrogens with one attached hydrogen (secondary N) is 2. The first-order chi connectivity index (χ1) is 20.8. The Morgan fingerprint density at radius 3 is 2.72 bits per heavy atom. The van der Waals surface area contributed by atoms with Crippen LogP contribution in [0.5, 0.6) is 0 Å². The van der Waals surface area contributed by atoms with E-state index in [1.54, 1.807) is 31.0 Å². The maximum absolute atomic E-state index is 12.4. The molecule has 0 saturated heterocycles. The number of amides is 1. The molecule has 1 aliphatic carbocycles. The van der Waals surface area contributed by atoms with Crippen molar-refractivity contribution in [3.05, 3.63) is 64.7 Å². The number of hydrogen-bond donors (Lipinski definition) is 2. The van der Waals surface area contributed by atoms with E-state index in [2.05, 4.69) is 68.8 Å². The Balaban J connectivity index is 1.66. The van der Waals surface area contributed by atoms with Gasteiger partial charge in [-0.15, -0.1) is 11.3 Å². The predicted octanol–water partition coefficient (Wildman–Crippen LogP) is 5.64. The molecule has 1 aromatic heterocycles. The topological polar surface area (TPSA) is 94.5 Å². The summed E-state index contributed by atoms with van der Waals surface area (Å²) in [4.78, 5) is 30.7. The van der Waals surface area contributed by atoms with Gasteiger partial charge in [0.05, 0.1) is 40.2 Å². The SMILES string of the molecule is C=CC(=O)NC1=C(N(CC)CCCCN(CC)CCC)C=C(OC)C(N[C@@H](C)N=CN=Cc2ccc3nc(C)sc3c2)C1. The molecule has 1 amide bonds. The zero-order valence-corrected chi connectivity index (χ0v) is 27.5. The molecule has 10 heteroatoms. The van der Waals surface area contributed by atoms with Gasteiger partial charge in [0.15, 0.2) is 0 Å². The number of unbranched alkanes of at least 4 members (excludes halogenated alkanes) is 1. The lowest BCUT2D eigenvalue weighted by Gasteiger charge is -2.34. The fourth-order valence-corrected chi connectivity index (χ4v) is 6.11. The van der Waals surface area contributed by atoms with Crippen LogP contribution in [0, 0.1) is 6.92 Å². The number of nitrogens with zero attached hydrogens (tertiary/aromatic N) is 5. The number of likely N-dealkylation sites (N-methyl/N-ethyl adjacent to an activating group) is 1. The second kappa shape index (κ2) is 17.7. The molecule has 43 heavy (non-hydrogen) atoms. The Morgan fingerprint density at radius 1 is 1.23 bits per heavy atom. The number of allylic oxidation sites excluding steroid dienone is 1. The smallest absolute Gasteiger partial charge is 0.247 e. The number of aliphatic imine (C=N–C) groups is 2. The molecule has 0 saturated carbocycles. The van der Waals surface area contributed by atoms with Crippen LogP contribution in [0.3, 0.4) is 0 Å². The highest BCUT2D eigenvalue weighted by atomic mass is 32.1.